The van der Waals surface area contributed by atoms with E-state index < -0.39 is 0 Å². The number of aliphatic imine (C=N–C) groups is 1. The third-order valence-electron chi connectivity index (χ3n) is 6.51. The van der Waals surface area contributed by atoms with Gasteiger partial charge in [-0.15, -0.1) is 24.0 Å². The van der Waals surface area contributed by atoms with Gasteiger partial charge in [0.05, 0.1) is 13.2 Å². The normalized spacial score (nSPS) is 21.8. The number of benzene rings is 1. The molecule has 2 atom stereocenters. The first-order valence-corrected chi connectivity index (χ1v) is 12.2. The van der Waals surface area contributed by atoms with Crippen LogP contribution in [0.25, 0.3) is 0 Å². The molecule has 0 saturated carbocycles. The van der Waals surface area contributed by atoms with Crippen LogP contribution in [0.4, 0.5) is 0 Å². The van der Waals surface area contributed by atoms with Gasteiger partial charge in [0.15, 0.2) is 5.96 Å². The van der Waals surface area contributed by atoms with Crippen molar-refractivity contribution in [3.63, 3.8) is 0 Å². The van der Waals surface area contributed by atoms with Gasteiger partial charge in [-0.25, -0.2) is 0 Å². The van der Waals surface area contributed by atoms with E-state index in [0.717, 1.165) is 45.3 Å². The zero-order valence-corrected chi connectivity index (χ0v) is 23.1. The molecule has 7 heteroatoms. The van der Waals surface area contributed by atoms with Gasteiger partial charge in [0, 0.05) is 52.4 Å². The van der Waals surface area contributed by atoms with Crippen LogP contribution in [0.2, 0.25) is 0 Å². The number of guanidine groups is 1. The SMILES string of the molecule is CCNC(=NCC(C)CN1CCN(CC)CC1)N1CCOC(c2ccc(C)cc2C)C1.I. The Bertz CT molecular complexity index is 720. The number of rotatable bonds is 7. The molecular formula is C25H44IN5O. The Labute approximate surface area is 212 Å². The third-order valence-corrected chi connectivity index (χ3v) is 6.51. The second-order valence-electron chi connectivity index (χ2n) is 9.20. The Hall–Kier alpha value is -0.900. The van der Waals surface area contributed by atoms with Crippen molar-refractivity contribution in [3.8, 4) is 0 Å². The molecule has 1 aromatic rings. The van der Waals surface area contributed by atoms with Crippen LogP contribution in [0.3, 0.4) is 0 Å². The van der Waals surface area contributed by atoms with E-state index in [1.54, 1.807) is 0 Å². The highest BCUT2D eigenvalue weighted by Gasteiger charge is 2.25. The fourth-order valence-corrected chi connectivity index (χ4v) is 4.67. The van der Waals surface area contributed by atoms with Crippen LogP contribution in [0, 0.1) is 19.8 Å². The molecule has 3 rings (SSSR count). The van der Waals surface area contributed by atoms with Crippen LogP contribution in [-0.2, 0) is 4.74 Å². The number of likely N-dealkylation sites (N-methyl/N-ethyl adjacent to an activating group) is 1. The molecule has 2 saturated heterocycles. The van der Waals surface area contributed by atoms with E-state index in [1.165, 1.54) is 49.4 Å². The lowest BCUT2D eigenvalue weighted by Crippen LogP contribution is -2.49. The summed E-state index contributed by atoms with van der Waals surface area (Å²) in [6, 6.07) is 6.66. The maximum atomic E-state index is 6.15. The quantitative estimate of drug-likeness (QED) is 0.316. The van der Waals surface area contributed by atoms with Crippen LogP contribution in [0.1, 0.15) is 43.6 Å². The number of halogens is 1. The van der Waals surface area contributed by atoms with Gasteiger partial charge in [0.1, 0.15) is 6.10 Å². The lowest BCUT2D eigenvalue weighted by molar-refractivity contribution is -0.00836. The highest BCUT2D eigenvalue weighted by molar-refractivity contribution is 14.0. The first-order chi connectivity index (χ1) is 15.0. The summed E-state index contributed by atoms with van der Waals surface area (Å²) in [4.78, 5) is 12.6. The monoisotopic (exact) mass is 557 g/mol. The van der Waals surface area contributed by atoms with Crippen molar-refractivity contribution >= 4 is 29.9 Å². The van der Waals surface area contributed by atoms with E-state index in [0.29, 0.717) is 5.92 Å². The van der Waals surface area contributed by atoms with E-state index in [4.69, 9.17) is 9.73 Å². The highest BCUT2D eigenvalue weighted by atomic mass is 127. The molecule has 0 spiro atoms. The number of morpholine rings is 1. The van der Waals surface area contributed by atoms with Crippen molar-refractivity contribution in [2.45, 2.75) is 40.7 Å². The zero-order valence-electron chi connectivity index (χ0n) is 20.8. The van der Waals surface area contributed by atoms with Gasteiger partial charge in [-0.05, 0) is 44.4 Å². The minimum atomic E-state index is 0. The van der Waals surface area contributed by atoms with Crippen molar-refractivity contribution in [2.75, 3.05) is 72.1 Å². The smallest absolute Gasteiger partial charge is 0.194 e. The number of nitrogens with zero attached hydrogens (tertiary/aromatic N) is 4. The second-order valence-corrected chi connectivity index (χ2v) is 9.20. The summed E-state index contributed by atoms with van der Waals surface area (Å²) in [5.41, 5.74) is 3.91. The van der Waals surface area contributed by atoms with Gasteiger partial charge >= 0.3 is 0 Å². The first-order valence-electron chi connectivity index (χ1n) is 12.2. The fourth-order valence-electron chi connectivity index (χ4n) is 4.67. The minimum Gasteiger partial charge on any atom is -0.370 e. The van der Waals surface area contributed by atoms with Gasteiger partial charge < -0.3 is 24.8 Å². The average molecular weight is 558 g/mol. The molecule has 2 fully saturated rings. The molecule has 182 valence electrons. The van der Waals surface area contributed by atoms with Gasteiger partial charge in [-0.3, -0.25) is 4.99 Å². The maximum absolute atomic E-state index is 6.15. The second kappa shape index (κ2) is 13.7. The topological polar surface area (TPSA) is 43.3 Å². The summed E-state index contributed by atoms with van der Waals surface area (Å²) in [5, 5.41) is 3.52. The molecule has 1 aromatic carbocycles. The molecular weight excluding hydrogens is 513 g/mol. The molecule has 2 aliphatic heterocycles. The lowest BCUT2D eigenvalue weighted by Gasteiger charge is -2.36. The van der Waals surface area contributed by atoms with E-state index >= 15 is 0 Å². The van der Waals surface area contributed by atoms with Crippen molar-refractivity contribution in [1.29, 1.82) is 0 Å². The molecule has 2 heterocycles. The van der Waals surface area contributed by atoms with Crippen LogP contribution >= 0.6 is 24.0 Å². The molecule has 1 N–H and O–H groups in total. The number of piperazine rings is 1. The summed E-state index contributed by atoms with van der Waals surface area (Å²) in [6.07, 6.45) is 0.102. The largest absolute Gasteiger partial charge is 0.370 e. The molecule has 0 radical (unpaired) electrons. The van der Waals surface area contributed by atoms with Crippen LogP contribution < -0.4 is 5.32 Å². The number of hydrogen-bond donors (Lipinski definition) is 1. The Kier molecular flexibility index (Phi) is 11.7. The minimum absolute atomic E-state index is 0. The van der Waals surface area contributed by atoms with Crippen LogP contribution in [0.5, 0.6) is 0 Å². The molecule has 0 amide bonds. The van der Waals surface area contributed by atoms with Crippen molar-refractivity contribution in [3.05, 3.63) is 34.9 Å². The van der Waals surface area contributed by atoms with Crippen molar-refractivity contribution in [1.82, 2.24) is 20.0 Å². The average Bonchev–Trinajstić information content (AvgIpc) is 2.77. The lowest BCUT2D eigenvalue weighted by atomic mass is 10.00. The molecule has 2 unspecified atom stereocenters. The predicted octanol–water partition coefficient (Wildman–Crippen LogP) is 3.53. The van der Waals surface area contributed by atoms with Crippen LogP contribution in [0.15, 0.2) is 23.2 Å². The van der Waals surface area contributed by atoms with Gasteiger partial charge in [0.2, 0.25) is 0 Å². The highest BCUT2D eigenvalue weighted by Crippen LogP contribution is 2.26. The molecule has 0 aliphatic carbocycles. The number of ether oxygens (including phenoxy) is 1. The summed E-state index contributed by atoms with van der Waals surface area (Å²) >= 11 is 0. The van der Waals surface area contributed by atoms with Crippen molar-refractivity contribution < 1.29 is 4.74 Å². The molecule has 6 nitrogen and oxygen atoms in total. The van der Waals surface area contributed by atoms with Gasteiger partial charge in [-0.1, -0.05) is 37.6 Å². The summed E-state index contributed by atoms with van der Waals surface area (Å²) in [5.74, 6) is 1.58. The summed E-state index contributed by atoms with van der Waals surface area (Å²) in [7, 11) is 0. The fraction of sp³-hybridized carbons (Fsp3) is 0.720. The van der Waals surface area contributed by atoms with Crippen LogP contribution in [-0.4, -0.2) is 92.7 Å². The molecule has 32 heavy (non-hydrogen) atoms. The molecule has 0 bridgehead atoms. The van der Waals surface area contributed by atoms with E-state index in [-0.39, 0.29) is 30.1 Å². The Morgan fingerprint density at radius 1 is 1.12 bits per heavy atom. The maximum Gasteiger partial charge on any atom is 0.194 e. The van der Waals surface area contributed by atoms with E-state index in [1.807, 2.05) is 0 Å². The number of nitrogens with one attached hydrogen (secondary N) is 1. The van der Waals surface area contributed by atoms with Gasteiger partial charge in [0.25, 0.3) is 0 Å². The zero-order chi connectivity index (χ0) is 22.2. The summed E-state index contributed by atoms with van der Waals surface area (Å²) < 4.78 is 6.15. The molecule has 0 aromatic heterocycles. The Balaban J connectivity index is 0.00000363. The standard InChI is InChI=1S/C25H43N5O.HI/c1-6-26-25(27-17-21(4)18-29-12-10-28(7-2)11-13-29)30-14-15-31-24(19-30)23-9-8-20(3)16-22(23)5;/h8-9,16,21,24H,6-7,10-15,17-19H2,1-5H3,(H,26,27);1H. The molecule has 2 aliphatic rings. The van der Waals surface area contributed by atoms with E-state index in [9.17, 15) is 0 Å². The summed E-state index contributed by atoms with van der Waals surface area (Å²) in [6.45, 7) is 22.4. The van der Waals surface area contributed by atoms with Gasteiger partial charge in [-0.2, -0.15) is 0 Å². The first kappa shape index (κ1) is 27.3. The Morgan fingerprint density at radius 2 is 1.84 bits per heavy atom. The predicted molar refractivity (Wildman–Crippen MR) is 145 cm³/mol. The third kappa shape index (κ3) is 7.85. The van der Waals surface area contributed by atoms with E-state index in [2.05, 4.69) is 72.8 Å². The Morgan fingerprint density at radius 3 is 2.50 bits per heavy atom. The number of aryl methyl sites for hydroxylation is 2. The van der Waals surface area contributed by atoms with Crippen molar-refractivity contribution in [2.24, 2.45) is 10.9 Å². The number of hydrogen-bond acceptors (Lipinski definition) is 4.